The van der Waals surface area contributed by atoms with Crippen LogP contribution < -0.4 is 0 Å². The van der Waals surface area contributed by atoms with Crippen LogP contribution >= 0.6 is 44.7 Å². The maximum Gasteiger partial charge on any atom is 0.342 e. The summed E-state index contributed by atoms with van der Waals surface area (Å²) in [4.78, 5) is 11.4. The molecule has 6 heteroatoms. The van der Waals surface area contributed by atoms with Crippen LogP contribution in [0.4, 0.5) is 0 Å². The minimum absolute atomic E-state index is 0.297. The Bertz CT molecular complexity index is 352. The zero-order valence-electron chi connectivity index (χ0n) is 7.16. The van der Waals surface area contributed by atoms with Gasteiger partial charge < -0.3 is 4.74 Å². The summed E-state index contributed by atoms with van der Waals surface area (Å²) in [5.74, 6) is -0.297. The third-order valence-electron chi connectivity index (χ3n) is 1.27. The van der Waals surface area contributed by atoms with Crippen LogP contribution in [0.15, 0.2) is 4.21 Å². The topological polar surface area (TPSA) is 26.3 Å². The highest BCUT2D eigenvalue weighted by Crippen LogP contribution is 2.32. The second-order valence-electron chi connectivity index (χ2n) is 2.04. The van der Waals surface area contributed by atoms with Gasteiger partial charge in [-0.2, -0.15) is 0 Å². The van der Waals surface area contributed by atoms with Crippen molar-refractivity contribution in [3.63, 3.8) is 0 Å². The highest BCUT2D eigenvalue weighted by molar-refractivity contribution is 8.02. The first-order chi connectivity index (χ1) is 6.20. The SMILES string of the molecule is CCOC(=O)c1c(SC)ssc1=S. The number of hydrogen-bond acceptors (Lipinski definition) is 6. The molecule has 2 nitrogen and oxygen atoms in total. The van der Waals surface area contributed by atoms with Crippen molar-refractivity contribution in [3.8, 4) is 0 Å². The van der Waals surface area contributed by atoms with Crippen LogP contribution in [-0.4, -0.2) is 18.8 Å². The zero-order valence-corrected chi connectivity index (χ0v) is 10.4. The molecule has 0 amide bonds. The van der Waals surface area contributed by atoms with Crippen LogP contribution in [0.2, 0.25) is 0 Å². The number of rotatable bonds is 3. The molecule has 0 unspecified atom stereocenters. The van der Waals surface area contributed by atoms with Crippen LogP contribution in [0.3, 0.4) is 0 Å². The second-order valence-corrected chi connectivity index (χ2v) is 5.93. The Morgan fingerprint density at radius 2 is 2.31 bits per heavy atom. The van der Waals surface area contributed by atoms with Crippen molar-refractivity contribution >= 4 is 50.6 Å². The maximum absolute atomic E-state index is 11.4. The molecule has 72 valence electrons. The molecule has 0 bridgehead atoms. The maximum atomic E-state index is 11.4. The molecule has 1 rings (SSSR count). The smallest absolute Gasteiger partial charge is 0.342 e. The standard InChI is InChI=1S/C7H8O2S4/c1-3-9-5(8)4-6(10)12-13-7(4)11-2/h3H2,1-2H3. The molecule has 0 aliphatic rings. The van der Waals surface area contributed by atoms with Gasteiger partial charge in [0.1, 0.15) is 9.39 Å². The molecule has 0 aliphatic heterocycles. The molecule has 0 atom stereocenters. The van der Waals surface area contributed by atoms with Crippen molar-refractivity contribution < 1.29 is 9.53 Å². The fourth-order valence-electron chi connectivity index (χ4n) is 0.748. The lowest BCUT2D eigenvalue weighted by Gasteiger charge is -1.99. The molecule has 0 spiro atoms. The quantitative estimate of drug-likeness (QED) is 0.356. The molecule has 0 saturated carbocycles. The van der Waals surface area contributed by atoms with E-state index in [-0.39, 0.29) is 5.97 Å². The van der Waals surface area contributed by atoms with Crippen LogP contribution in [0.1, 0.15) is 17.3 Å². The average molecular weight is 252 g/mol. The first-order valence-corrected chi connectivity index (χ1v) is 7.33. The molecule has 1 aromatic heterocycles. The van der Waals surface area contributed by atoms with Crippen LogP contribution in [0.25, 0.3) is 0 Å². The van der Waals surface area contributed by atoms with E-state index >= 15 is 0 Å². The van der Waals surface area contributed by atoms with Gasteiger partial charge in [-0.25, -0.2) is 4.79 Å². The van der Waals surface area contributed by atoms with Gasteiger partial charge in [0.25, 0.3) is 0 Å². The number of carbonyl (C=O) groups is 1. The van der Waals surface area contributed by atoms with E-state index in [1.807, 2.05) is 6.26 Å². The van der Waals surface area contributed by atoms with Crippen LogP contribution in [0.5, 0.6) is 0 Å². The molecular weight excluding hydrogens is 244 g/mol. The van der Waals surface area contributed by atoms with Crippen LogP contribution in [-0.2, 0) is 4.74 Å². The minimum Gasteiger partial charge on any atom is -0.462 e. The Morgan fingerprint density at radius 3 is 2.85 bits per heavy atom. The summed E-state index contributed by atoms with van der Waals surface area (Å²) in [6, 6.07) is 0. The van der Waals surface area contributed by atoms with Crippen molar-refractivity contribution in [2.75, 3.05) is 12.9 Å². The van der Waals surface area contributed by atoms with E-state index in [2.05, 4.69) is 0 Å². The van der Waals surface area contributed by atoms with Gasteiger partial charge in [0, 0.05) is 0 Å². The molecule has 13 heavy (non-hydrogen) atoms. The fraction of sp³-hybridized carbons (Fsp3) is 0.429. The minimum atomic E-state index is -0.297. The predicted octanol–water partition coefficient (Wildman–Crippen LogP) is 3.44. The summed E-state index contributed by atoms with van der Waals surface area (Å²) >= 11 is 6.58. The second kappa shape index (κ2) is 5.09. The van der Waals surface area contributed by atoms with Crippen molar-refractivity contribution in [2.45, 2.75) is 11.1 Å². The van der Waals surface area contributed by atoms with E-state index in [1.165, 1.54) is 32.4 Å². The van der Waals surface area contributed by atoms with Gasteiger partial charge in [0.2, 0.25) is 0 Å². The Kier molecular flexibility index (Phi) is 4.37. The van der Waals surface area contributed by atoms with E-state index in [0.29, 0.717) is 16.0 Å². The van der Waals surface area contributed by atoms with E-state index < -0.39 is 0 Å². The lowest BCUT2D eigenvalue weighted by atomic mass is 10.4. The van der Waals surface area contributed by atoms with E-state index in [0.717, 1.165) is 4.21 Å². The van der Waals surface area contributed by atoms with Gasteiger partial charge in [-0.15, -0.1) is 11.8 Å². The number of esters is 1. The Hall–Kier alpha value is 0.0900. The van der Waals surface area contributed by atoms with Gasteiger partial charge in [-0.05, 0) is 13.2 Å². The highest BCUT2D eigenvalue weighted by Gasteiger charge is 2.16. The zero-order chi connectivity index (χ0) is 9.84. The molecule has 1 aromatic rings. The van der Waals surface area contributed by atoms with Crippen molar-refractivity contribution in [1.82, 2.24) is 0 Å². The Balaban J connectivity index is 3.04. The predicted molar refractivity (Wildman–Crippen MR) is 60.8 cm³/mol. The molecule has 0 fully saturated rings. The van der Waals surface area contributed by atoms with E-state index in [4.69, 9.17) is 17.0 Å². The van der Waals surface area contributed by atoms with Crippen molar-refractivity contribution in [3.05, 3.63) is 9.39 Å². The van der Waals surface area contributed by atoms with Gasteiger partial charge in [-0.3, -0.25) is 0 Å². The first kappa shape index (κ1) is 11.2. The van der Waals surface area contributed by atoms with Crippen molar-refractivity contribution in [1.29, 1.82) is 0 Å². The Morgan fingerprint density at radius 1 is 1.62 bits per heavy atom. The summed E-state index contributed by atoms with van der Waals surface area (Å²) in [5.41, 5.74) is 0.569. The molecule has 0 aromatic carbocycles. The highest BCUT2D eigenvalue weighted by atomic mass is 32.9. The van der Waals surface area contributed by atoms with Gasteiger partial charge in [0.15, 0.2) is 0 Å². The van der Waals surface area contributed by atoms with Gasteiger partial charge >= 0.3 is 5.97 Å². The molecule has 0 N–H and O–H groups in total. The normalized spacial score (nSPS) is 10.0. The number of carbonyl (C=O) groups excluding carboxylic acids is 1. The van der Waals surface area contributed by atoms with Gasteiger partial charge in [-0.1, -0.05) is 32.9 Å². The number of thioether (sulfide) groups is 1. The third-order valence-corrected chi connectivity index (χ3v) is 5.72. The average Bonchev–Trinajstić information content (AvgIpc) is 2.47. The monoisotopic (exact) mass is 252 g/mol. The molecule has 0 saturated heterocycles. The summed E-state index contributed by atoms with van der Waals surface area (Å²) in [6.07, 6.45) is 1.93. The van der Waals surface area contributed by atoms with Crippen molar-refractivity contribution in [2.24, 2.45) is 0 Å². The van der Waals surface area contributed by atoms with E-state index in [9.17, 15) is 4.79 Å². The molecule has 0 radical (unpaired) electrons. The molecular formula is C7H8O2S4. The largest absolute Gasteiger partial charge is 0.462 e. The fourth-order valence-corrected chi connectivity index (χ4v) is 4.72. The molecule has 1 heterocycles. The lowest BCUT2D eigenvalue weighted by Crippen LogP contribution is -2.04. The summed E-state index contributed by atoms with van der Waals surface area (Å²) in [6.45, 7) is 2.18. The first-order valence-electron chi connectivity index (χ1n) is 3.55. The number of hydrogen-bond donors (Lipinski definition) is 0. The summed E-state index contributed by atoms with van der Waals surface area (Å²) in [5, 5.41) is 0. The Labute approximate surface area is 93.3 Å². The summed E-state index contributed by atoms with van der Waals surface area (Å²) < 4.78 is 6.49. The number of ether oxygens (including phenoxy) is 1. The summed E-state index contributed by atoms with van der Waals surface area (Å²) in [7, 11) is 2.97. The van der Waals surface area contributed by atoms with Crippen LogP contribution in [0, 0.1) is 3.82 Å². The third kappa shape index (κ3) is 2.52. The molecule has 0 aliphatic carbocycles. The van der Waals surface area contributed by atoms with Gasteiger partial charge in [0.05, 0.1) is 10.8 Å². The van der Waals surface area contributed by atoms with E-state index in [1.54, 1.807) is 6.92 Å². The lowest BCUT2D eigenvalue weighted by molar-refractivity contribution is 0.0523.